The highest BCUT2D eigenvalue weighted by Gasteiger charge is 2.27. The average Bonchev–Trinajstić information content (AvgIpc) is 2.39. The van der Waals surface area contributed by atoms with E-state index in [0.717, 1.165) is 5.56 Å². The van der Waals surface area contributed by atoms with Gasteiger partial charge >= 0.3 is 13.6 Å². The van der Waals surface area contributed by atoms with Crippen LogP contribution in [0.4, 0.5) is 0 Å². The minimum atomic E-state index is -3.99. The second kappa shape index (κ2) is 8.17. The maximum absolute atomic E-state index is 11.7. The smallest absolute Gasteiger partial charge is 0.354 e. The molecule has 1 N–H and O–H groups in total. The normalized spacial score (nSPS) is 15.3. The van der Waals surface area contributed by atoms with Crippen LogP contribution in [0.1, 0.15) is 19.4 Å². The average molecular weight is 302 g/mol. The van der Waals surface area contributed by atoms with Crippen LogP contribution in [0.5, 0.6) is 0 Å². The summed E-state index contributed by atoms with van der Waals surface area (Å²) in [6, 6.07) is 9.23. The summed E-state index contributed by atoms with van der Waals surface area (Å²) < 4.78 is 26.3. The Labute approximate surface area is 118 Å². The molecule has 112 valence electrons. The van der Waals surface area contributed by atoms with Crippen molar-refractivity contribution in [3.05, 3.63) is 35.9 Å². The van der Waals surface area contributed by atoms with Gasteiger partial charge in [-0.25, -0.2) is 4.79 Å². The van der Waals surface area contributed by atoms with Gasteiger partial charge in [0.05, 0.1) is 13.2 Å². The standard InChI is InChI=1S/C13H19O6P/c1-3-18-13(14)11(2)19-20(15,16)10-17-9-12-7-5-4-6-8-12/h4-8,11H,3,9-10H2,1-2H3,(H,15,16)/t11-/m0/s1. The molecule has 0 saturated carbocycles. The van der Waals surface area contributed by atoms with Crippen LogP contribution in [0.25, 0.3) is 0 Å². The highest BCUT2D eigenvalue weighted by Crippen LogP contribution is 2.43. The van der Waals surface area contributed by atoms with E-state index < -0.39 is 26.0 Å². The van der Waals surface area contributed by atoms with Crippen molar-refractivity contribution in [2.24, 2.45) is 0 Å². The molecule has 0 spiro atoms. The molecule has 0 fully saturated rings. The number of ether oxygens (including phenoxy) is 2. The summed E-state index contributed by atoms with van der Waals surface area (Å²) >= 11 is 0. The van der Waals surface area contributed by atoms with Gasteiger partial charge in [0.25, 0.3) is 0 Å². The monoisotopic (exact) mass is 302 g/mol. The number of rotatable bonds is 8. The number of hydrogen-bond acceptors (Lipinski definition) is 5. The molecule has 1 rings (SSSR count). The van der Waals surface area contributed by atoms with Gasteiger partial charge in [-0.1, -0.05) is 30.3 Å². The molecule has 20 heavy (non-hydrogen) atoms. The predicted octanol–water partition coefficient (Wildman–Crippen LogP) is 2.31. The van der Waals surface area contributed by atoms with Gasteiger partial charge < -0.3 is 14.4 Å². The third-order valence-corrected chi connectivity index (χ3v) is 3.46. The fourth-order valence-corrected chi connectivity index (χ4v) is 2.40. The van der Waals surface area contributed by atoms with Crippen molar-refractivity contribution < 1.29 is 28.3 Å². The lowest BCUT2D eigenvalue weighted by Crippen LogP contribution is -2.23. The second-order valence-corrected chi connectivity index (χ2v) is 5.84. The first-order valence-corrected chi connectivity index (χ1v) is 7.99. The molecule has 1 aromatic carbocycles. The molecule has 0 bridgehead atoms. The van der Waals surface area contributed by atoms with Gasteiger partial charge in [0.2, 0.25) is 0 Å². The van der Waals surface area contributed by atoms with Crippen LogP contribution in [0.2, 0.25) is 0 Å². The van der Waals surface area contributed by atoms with E-state index in [1.54, 1.807) is 6.92 Å². The zero-order valence-electron chi connectivity index (χ0n) is 11.5. The highest BCUT2D eigenvalue weighted by atomic mass is 31.2. The molecule has 0 aliphatic heterocycles. The zero-order chi connectivity index (χ0) is 15.0. The largest absolute Gasteiger partial charge is 0.464 e. The maximum Gasteiger partial charge on any atom is 0.354 e. The second-order valence-electron chi connectivity index (χ2n) is 4.10. The summed E-state index contributed by atoms with van der Waals surface area (Å²) in [6.45, 7) is 3.39. The first kappa shape index (κ1) is 16.9. The number of carbonyl (C=O) groups excluding carboxylic acids is 1. The Balaban J connectivity index is 2.37. The Bertz CT molecular complexity index is 461. The summed E-state index contributed by atoms with van der Waals surface area (Å²) in [5.74, 6) is -0.676. The highest BCUT2D eigenvalue weighted by molar-refractivity contribution is 7.52. The predicted molar refractivity (Wildman–Crippen MR) is 73.1 cm³/mol. The quantitative estimate of drug-likeness (QED) is 0.586. The van der Waals surface area contributed by atoms with Crippen LogP contribution in [0.3, 0.4) is 0 Å². The Kier molecular flexibility index (Phi) is 6.88. The molecular weight excluding hydrogens is 283 g/mol. The van der Waals surface area contributed by atoms with E-state index in [9.17, 15) is 14.3 Å². The molecule has 0 radical (unpaired) electrons. The first-order valence-electron chi connectivity index (χ1n) is 6.23. The molecule has 7 heteroatoms. The molecule has 0 aromatic heterocycles. The van der Waals surface area contributed by atoms with Gasteiger partial charge in [0.15, 0.2) is 6.10 Å². The van der Waals surface area contributed by atoms with E-state index in [1.165, 1.54) is 6.92 Å². The molecule has 2 atom stereocenters. The molecule has 0 aliphatic carbocycles. The van der Waals surface area contributed by atoms with E-state index in [-0.39, 0.29) is 13.2 Å². The Morgan fingerprint density at radius 2 is 2.00 bits per heavy atom. The maximum atomic E-state index is 11.7. The van der Waals surface area contributed by atoms with E-state index in [1.807, 2.05) is 30.3 Å². The van der Waals surface area contributed by atoms with Crippen molar-refractivity contribution >= 4 is 13.6 Å². The molecule has 6 nitrogen and oxygen atoms in total. The lowest BCUT2D eigenvalue weighted by atomic mass is 10.2. The topological polar surface area (TPSA) is 82.1 Å². The SMILES string of the molecule is CCOC(=O)[C@H](C)OP(=O)(O)COCc1ccccc1. The van der Waals surface area contributed by atoms with Crippen LogP contribution in [-0.2, 0) is 30.0 Å². The fraction of sp³-hybridized carbons (Fsp3) is 0.462. The van der Waals surface area contributed by atoms with Crippen molar-refractivity contribution in [1.82, 2.24) is 0 Å². The van der Waals surface area contributed by atoms with E-state index in [2.05, 4.69) is 4.74 Å². The van der Waals surface area contributed by atoms with E-state index >= 15 is 0 Å². The zero-order valence-corrected chi connectivity index (χ0v) is 12.4. The lowest BCUT2D eigenvalue weighted by Gasteiger charge is -2.16. The summed E-state index contributed by atoms with van der Waals surface area (Å²) in [7, 11) is -3.99. The Morgan fingerprint density at radius 1 is 1.35 bits per heavy atom. The van der Waals surface area contributed by atoms with Gasteiger partial charge in [0, 0.05) is 0 Å². The van der Waals surface area contributed by atoms with Gasteiger partial charge in [0.1, 0.15) is 6.35 Å². The van der Waals surface area contributed by atoms with Gasteiger partial charge in [-0.3, -0.25) is 9.09 Å². The van der Waals surface area contributed by atoms with Gasteiger partial charge in [-0.15, -0.1) is 0 Å². The third-order valence-electron chi connectivity index (χ3n) is 2.31. The summed E-state index contributed by atoms with van der Waals surface area (Å²) in [5.41, 5.74) is 0.881. The number of esters is 1. The fourth-order valence-electron chi connectivity index (χ4n) is 1.43. The molecule has 0 aliphatic rings. The molecular formula is C13H19O6P. The summed E-state index contributed by atoms with van der Waals surface area (Å²) in [5, 5.41) is 0. The van der Waals surface area contributed by atoms with Crippen LogP contribution >= 0.6 is 7.60 Å². The van der Waals surface area contributed by atoms with Gasteiger partial charge in [-0.05, 0) is 19.4 Å². The molecule has 0 heterocycles. The molecule has 1 unspecified atom stereocenters. The van der Waals surface area contributed by atoms with Crippen molar-refractivity contribution in [1.29, 1.82) is 0 Å². The summed E-state index contributed by atoms with van der Waals surface area (Å²) in [4.78, 5) is 20.9. The van der Waals surface area contributed by atoms with E-state index in [0.29, 0.717) is 0 Å². The molecule has 0 amide bonds. The Hall–Kier alpha value is -1.20. The van der Waals surface area contributed by atoms with Crippen molar-refractivity contribution in [2.75, 3.05) is 13.0 Å². The van der Waals surface area contributed by atoms with Gasteiger partial charge in [-0.2, -0.15) is 0 Å². The minimum absolute atomic E-state index is 0.187. The Morgan fingerprint density at radius 3 is 2.60 bits per heavy atom. The molecule has 0 saturated heterocycles. The van der Waals surface area contributed by atoms with Crippen molar-refractivity contribution in [3.8, 4) is 0 Å². The molecule has 1 aromatic rings. The van der Waals surface area contributed by atoms with E-state index in [4.69, 9.17) is 9.26 Å². The number of hydrogen-bond donors (Lipinski definition) is 1. The number of benzene rings is 1. The summed E-state index contributed by atoms with van der Waals surface area (Å²) in [6.07, 6.45) is -1.59. The van der Waals surface area contributed by atoms with Crippen LogP contribution in [-0.4, -0.2) is 29.9 Å². The first-order chi connectivity index (χ1) is 9.44. The third kappa shape index (κ3) is 6.30. The number of carbonyl (C=O) groups is 1. The van der Waals surface area contributed by atoms with Crippen LogP contribution < -0.4 is 0 Å². The van der Waals surface area contributed by atoms with Crippen LogP contribution in [0.15, 0.2) is 30.3 Å². The minimum Gasteiger partial charge on any atom is -0.464 e. The lowest BCUT2D eigenvalue weighted by molar-refractivity contribution is -0.151. The van der Waals surface area contributed by atoms with Crippen molar-refractivity contribution in [2.45, 2.75) is 26.6 Å². The van der Waals surface area contributed by atoms with Crippen LogP contribution in [0, 0.1) is 0 Å². The van der Waals surface area contributed by atoms with Crippen molar-refractivity contribution in [3.63, 3.8) is 0 Å².